The molecule has 0 spiro atoms. The second-order valence-corrected chi connectivity index (χ2v) is 3.90. The van der Waals surface area contributed by atoms with E-state index in [1.807, 2.05) is 24.3 Å². The second kappa shape index (κ2) is 5.29. The van der Waals surface area contributed by atoms with Crippen LogP contribution in [0.2, 0.25) is 5.02 Å². The van der Waals surface area contributed by atoms with E-state index in [9.17, 15) is 0 Å². The lowest BCUT2D eigenvalue weighted by molar-refractivity contribution is 1.31. The highest BCUT2D eigenvalue weighted by molar-refractivity contribution is 6.30. The zero-order valence-corrected chi connectivity index (χ0v) is 9.72. The van der Waals surface area contributed by atoms with Crippen LogP contribution in [0.3, 0.4) is 0 Å². The molecule has 0 radical (unpaired) electrons. The lowest BCUT2D eigenvalue weighted by atomic mass is 10.1. The number of pyridine rings is 1. The van der Waals surface area contributed by atoms with E-state index >= 15 is 0 Å². The van der Waals surface area contributed by atoms with Crippen molar-refractivity contribution in [2.24, 2.45) is 0 Å². The Morgan fingerprint density at radius 3 is 2.82 bits per heavy atom. The van der Waals surface area contributed by atoms with Crippen LogP contribution in [-0.2, 0) is 0 Å². The summed E-state index contributed by atoms with van der Waals surface area (Å²) in [6, 6.07) is 13.2. The molecule has 1 heterocycles. The number of aromatic nitrogens is 1. The van der Waals surface area contributed by atoms with Crippen LogP contribution in [0.15, 0.2) is 48.8 Å². The van der Waals surface area contributed by atoms with Crippen LogP contribution in [0.25, 0.3) is 11.6 Å². The molecule has 0 N–H and O–H groups in total. The Balaban J connectivity index is 2.41. The summed E-state index contributed by atoms with van der Waals surface area (Å²) in [5.41, 5.74) is 2.27. The zero-order chi connectivity index (χ0) is 12.1. The van der Waals surface area contributed by atoms with Crippen LogP contribution in [0.1, 0.15) is 11.1 Å². The maximum absolute atomic E-state index is 9.13. The van der Waals surface area contributed by atoms with Gasteiger partial charge in [0.05, 0.1) is 11.6 Å². The van der Waals surface area contributed by atoms with Gasteiger partial charge < -0.3 is 0 Å². The molecule has 3 heteroatoms. The smallest absolute Gasteiger partial charge is 0.0998 e. The van der Waals surface area contributed by atoms with E-state index in [2.05, 4.69) is 11.1 Å². The van der Waals surface area contributed by atoms with Gasteiger partial charge in [-0.05, 0) is 29.8 Å². The largest absolute Gasteiger partial charge is 0.264 e. The normalized spacial score (nSPS) is 10.9. The number of hydrogen-bond donors (Lipinski definition) is 0. The van der Waals surface area contributed by atoms with Crippen molar-refractivity contribution in [1.82, 2.24) is 4.98 Å². The van der Waals surface area contributed by atoms with Crippen molar-refractivity contribution in [3.8, 4) is 6.07 Å². The summed E-state index contributed by atoms with van der Waals surface area (Å²) in [6.45, 7) is 0. The average molecular weight is 241 g/mol. The molecular formula is C14H9ClN2. The van der Waals surface area contributed by atoms with Gasteiger partial charge in [-0.15, -0.1) is 0 Å². The van der Waals surface area contributed by atoms with E-state index in [1.54, 1.807) is 30.6 Å². The molecule has 2 rings (SSSR count). The molecule has 17 heavy (non-hydrogen) atoms. The molecular weight excluding hydrogens is 232 g/mol. The minimum Gasteiger partial charge on any atom is -0.264 e. The van der Waals surface area contributed by atoms with Gasteiger partial charge in [-0.2, -0.15) is 5.26 Å². The molecule has 0 fully saturated rings. The van der Waals surface area contributed by atoms with E-state index in [1.165, 1.54) is 0 Å². The van der Waals surface area contributed by atoms with Gasteiger partial charge in [0.2, 0.25) is 0 Å². The summed E-state index contributed by atoms with van der Waals surface area (Å²) in [5.74, 6) is 0. The molecule has 2 aromatic rings. The first-order valence-electron chi connectivity index (χ1n) is 5.07. The predicted octanol–water partition coefficient (Wildman–Crippen LogP) is 3.80. The fourth-order valence-electron chi connectivity index (χ4n) is 1.47. The quantitative estimate of drug-likeness (QED) is 0.749. The number of nitrogens with zero attached hydrogens (tertiary/aromatic N) is 2. The van der Waals surface area contributed by atoms with E-state index < -0.39 is 0 Å². The number of halogens is 1. The Morgan fingerprint density at radius 1 is 1.29 bits per heavy atom. The third-order valence-corrected chi connectivity index (χ3v) is 2.49. The zero-order valence-electron chi connectivity index (χ0n) is 8.97. The lowest BCUT2D eigenvalue weighted by Crippen LogP contribution is -1.83. The fraction of sp³-hybridized carbons (Fsp3) is 0. The van der Waals surface area contributed by atoms with Crippen molar-refractivity contribution in [3.05, 3.63) is 64.9 Å². The molecule has 82 valence electrons. The van der Waals surface area contributed by atoms with Gasteiger partial charge in [-0.3, -0.25) is 4.98 Å². The summed E-state index contributed by atoms with van der Waals surface area (Å²) >= 11 is 5.89. The van der Waals surface area contributed by atoms with Crippen LogP contribution >= 0.6 is 11.6 Å². The molecule has 1 aromatic heterocycles. The summed E-state index contributed by atoms with van der Waals surface area (Å²) in [6.07, 6.45) is 5.14. The van der Waals surface area contributed by atoms with E-state index in [4.69, 9.17) is 16.9 Å². The predicted molar refractivity (Wildman–Crippen MR) is 69.2 cm³/mol. The van der Waals surface area contributed by atoms with Gasteiger partial charge in [-0.1, -0.05) is 29.8 Å². The number of benzene rings is 1. The summed E-state index contributed by atoms with van der Waals surface area (Å²) in [4.78, 5) is 3.99. The molecule has 0 saturated carbocycles. The Morgan fingerprint density at radius 2 is 2.18 bits per heavy atom. The number of hydrogen-bond acceptors (Lipinski definition) is 2. The minimum atomic E-state index is 0.570. The Hall–Kier alpha value is -2.11. The SMILES string of the molecule is N#C/C(=C\c1cccc(Cl)c1)c1cccnc1. The van der Waals surface area contributed by atoms with Crippen molar-refractivity contribution >= 4 is 23.3 Å². The minimum absolute atomic E-state index is 0.570. The van der Waals surface area contributed by atoms with Crippen molar-refractivity contribution in [2.75, 3.05) is 0 Å². The molecule has 0 aliphatic heterocycles. The van der Waals surface area contributed by atoms with Crippen LogP contribution < -0.4 is 0 Å². The van der Waals surface area contributed by atoms with Crippen molar-refractivity contribution < 1.29 is 0 Å². The standard InChI is InChI=1S/C14H9ClN2/c15-14-5-1-3-11(8-14)7-13(9-16)12-4-2-6-17-10-12/h1-8,10H/b13-7+. The van der Waals surface area contributed by atoms with E-state index in [-0.39, 0.29) is 0 Å². The van der Waals surface area contributed by atoms with Crippen molar-refractivity contribution in [2.45, 2.75) is 0 Å². The van der Waals surface area contributed by atoms with Gasteiger partial charge in [0.25, 0.3) is 0 Å². The first-order chi connectivity index (χ1) is 8.29. The van der Waals surface area contributed by atoms with Crippen LogP contribution in [0, 0.1) is 11.3 Å². The molecule has 0 aliphatic carbocycles. The van der Waals surface area contributed by atoms with Crippen LogP contribution in [0.5, 0.6) is 0 Å². The van der Waals surface area contributed by atoms with Crippen LogP contribution in [0.4, 0.5) is 0 Å². The molecule has 0 unspecified atom stereocenters. The van der Waals surface area contributed by atoms with Gasteiger partial charge in [-0.25, -0.2) is 0 Å². The third-order valence-electron chi connectivity index (χ3n) is 2.25. The fourth-order valence-corrected chi connectivity index (χ4v) is 1.66. The van der Waals surface area contributed by atoms with Gasteiger partial charge in [0.15, 0.2) is 0 Å². The maximum Gasteiger partial charge on any atom is 0.0998 e. The maximum atomic E-state index is 9.13. The highest BCUT2D eigenvalue weighted by Gasteiger charge is 2.00. The topological polar surface area (TPSA) is 36.7 Å². The average Bonchev–Trinajstić information content (AvgIpc) is 2.37. The number of rotatable bonds is 2. The lowest BCUT2D eigenvalue weighted by Gasteiger charge is -1.99. The molecule has 0 amide bonds. The molecule has 2 nitrogen and oxygen atoms in total. The van der Waals surface area contributed by atoms with Crippen LogP contribution in [-0.4, -0.2) is 4.98 Å². The summed E-state index contributed by atoms with van der Waals surface area (Å²) in [7, 11) is 0. The molecule has 0 saturated heterocycles. The monoisotopic (exact) mass is 240 g/mol. The third kappa shape index (κ3) is 2.93. The van der Waals surface area contributed by atoms with E-state index in [0.717, 1.165) is 11.1 Å². The van der Waals surface area contributed by atoms with Gasteiger partial charge >= 0.3 is 0 Å². The first kappa shape index (κ1) is 11.4. The van der Waals surface area contributed by atoms with E-state index in [0.29, 0.717) is 10.6 Å². The molecule has 0 bridgehead atoms. The summed E-state index contributed by atoms with van der Waals surface area (Å²) in [5, 5.41) is 9.79. The van der Waals surface area contributed by atoms with Gasteiger partial charge in [0.1, 0.15) is 0 Å². The number of nitriles is 1. The first-order valence-corrected chi connectivity index (χ1v) is 5.45. The van der Waals surface area contributed by atoms with Crippen molar-refractivity contribution in [3.63, 3.8) is 0 Å². The number of allylic oxidation sites excluding steroid dienone is 1. The Labute approximate surface area is 105 Å². The molecule has 1 aromatic carbocycles. The summed E-state index contributed by atoms with van der Waals surface area (Å²) < 4.78 is 0. The highest BCUT2D eigenvalue weighted by atomic mass is 35.5. The molecule has 0 atom stereocenters. The second-order valence-electron chi connectivity index (χ2n) is 3.47. The molecule has 0 aliphatic rings. The van der Waals surface area contributed by atoms with Crippen molar-refractivity contribution in [1.29, 1.82) is 5.26 Å². The van der Waals surface area contributed by atoms with Gasteiger partial charge in [0, 0.05) is 23.0 Å². The Bertz CT molecular complexity index is 583. The Kier molecular flexibility index (Phi) is 3.54. The highest BCUT2D eigenvalue weighted by Crippen LogP contribution is 2.18.